The molecule has 0 aliphatic heterocycles. The van der Waals surface area contributed by atoms with Crippen LogP contribution < -0.4 is 15.5 Å². The quantitative estimate of drug-likeness (QED) is 0.826. The van der Waals surface area contributed by atoms with E-state index in [1.165, 1.54) is 4.88 Å². The Morgan fingerprint density at radius 3 is 2.57 bits per heavy atom. The zero-order chi connectivity index (χ0) is 14.9. The maximum Gasteiger partial charge on any atom is 0.314 e. The third kappa shape index (κ3) is 5.47. The second-order valence-electron chi connectivity index (χ2n) is 4.77. The topological polar surface area (TPSA) is 44.4 Å². The smallest absolute Gasteiger partial charge is 0.314 e. The average Bonchev–Trinajstić information content (AvgIpc) is 3.01. The highest BCUT2D eigenvalue weighted by Crippen LogP contribution is 2.09. The van der Waals surface area contributed by atoms with Gasteiger partial charge in [-0.05, 0) is 30.0 Å². The SMILES string of the molecule is CN(CCNC(=O)NCCc1cccs1)c1ccccc1. The first-order chi connectivity index (χ1) is 10.3. The molecule has 0 fully saturated rings. The summed E-state index contributed by atoms with van der Waals surface area (Å²) in [5.41, 5.74) is 1.15. The lowest BCUT2D eigenvalue weighted by atomic mass is 10.3. The summed E-state index contributed by atoms with van der Waals surface area (Å²) in [5, 5.41) is 7.80. The summed E-state index contributed by atoms with van der Waals surface area (Å²) in [6.07, 6.45) is 0.884. The number of para-hydroxylation sites is 1. The molecule has 2 aromatic rings. The molecular weight excluding hydrogens is 282 g/mol. The molecule has 0 atom stereocenters. The average molecular weight is 303 g/mol. The number of urea groups is 1. The monoisotopic (exact) mass is 303 g/mol. The summed E-state index contributed by atoms with van der Waals surface area (Å²) in [4.78, 5) is 15.1. The zero-order valence-corrected chi connectivity index (χ0v) is 13.0. The number of hydrogen-bond acceptors (Lipinski definition) is 3. The second-order valence-corrected chi connectivity index (χ2v) is 5.80. The van der Waals surface area contributed by atoms with Gasteiger partial charge in [0.15, 0.2) is 0 Å². The molecule has 2 N–H and O–H groups in total. The number of likely N-dealkylation sites (N-methyl/N-ethyl adjacent to an activating group) is 1. The van der Waals surface area contributed by atoms with Gasteiger partial charge in [0.25, 0.3) is 0 Å². The molecule has 0 spiro atoms. The summed E-state index contributed by atoms with van der Waals surface area (Å²) in [7, 11) is 2.02. The number of rotatable bonds is 7. The number of carbonyl (C=O) groups excluding carboxylic acids is 1. The first kappa shape index (κ1) is 15.4. The first-order valence-electron chi connectivity index (χ1n) is 7.06. The highest BCUT2D eigenvalue weighted by Gasteiger charge is 2.02. The highest BCUT2D eigenvalue weighted by atomic mass is 32.1. The van der Waals surface area contributed by atoms with E-state index in [9.17, 15) is 4.79 Å². The summed E-state index contributed by atoms with van der Waals surface area (Å²) in [5.74, 6) is 0. The predicted octanol–water partition coefficient (Wildman–Crippen LogP) is 2.73. The summed E-state index contributed by atoms with van der Waals surface area (Å²) in [6.45, 7) is 2.07. The van der Waals surface area contributed by atoms with Crippen molar-refractivity contribution in [2.75, 3.05) is 31.6 Å². The molecule has 0 radical (unpaired) electrons. The van der Waals surface area contributed by atoms with Gasteiger partial charge in [0, 0.05) is 37.2 Å². The third-order valence-electron chi connectivity index (χ3n) is 3.17. The summed E-state index contributed by atoms with van der Waals surface area (Å²) in [6, 6.07) is 14.1. The van der Waals surface area contributed by atoms with Crippen LogP contribution >= 0.6 is 11.3 Å². The Labute approximate surface area is 129 Å². The number of benzene rings is 1. The van der Waals surface area contributed by atoms with Crippen molar-refractivity contribution in [3.63, 3.8) is 0 Å². The van der Waals surface area contributed by atoms with Crippen LogP contribution in [0.1, 0.15) is 4.88 Å². The lowest BCUT2D eigenvalue weighted by molar-refractivity contribution is 0.241. The summed E-state index contributed by atoms with van der Waals surface area (Å²) >= 11 is 1.72. The maximum absolute atomic E-state index is 11.7. The second kappa shape index (κ2) is 8.32. The van der Waals surface area contributed by atoms with Gasteiger partial charge in [-0.1, -0.05) is 24.3 Å². The third-order valence-corrected chi connectivity index (χ3v) is 4.10. The highest BCUT2D eigenvalue weighted by molar-refractivity contribution is 7.09. The Hall–Kier alpha value is -2.01. The van der Waals surface area contributed by atoms with Gasteiger partial charge in [-0.15, -0.1) is 11.3 Å². The molecule has 4 nitrogen and oxygen atoms in total. The van der Waals surface area contributed by atoms with E-state index >= 15 is 0 Å². The van der Waals surface area contributed by atoms with E-state index in [2.05, 4.69) is 39.1 Å². The van der Waals surface area contributed by atoms with Crippen LogP contribution in [0.15, 0.2) is 47.8 Å². The van der Waals surface area contributed by atoms with Crippen LogP contribution in [0, 0.1) is 0 Å². The van der Waals surface area contributed by atoms with E-state index in [0.29, 0.717) is 13.1 Å². The van der Waals surface area contributed by atoms with E-state index in [0.717, 1.165) is 18.7 Å². The number of nitrogens with zero attached hydrogens (tertiary/aromatic N) is 1. The fourth-order valence-corrected chi connectivity index (χ4v) is 2.67. The molecule has 1 heterocycles. The number of hydrogen-bond donors (Lipinski definition) is 2. The minimum absolute atomic E-state index is 0.104. The first-order valence-corrected chi connectivity index (χ1v) is 7.94. The van der Waals surface area contributed by atoms with Gasteiger partial charge >= 0.3 is 6.03 Å². The molecule has 0 unspecified atom stereocenters. The van der Waals surface area contributed by atoms with Crippen molar-refractivity contribution in [3.8, 4) is 0 Å². The van der Waals surface area contributed by atoms with Crippen molar-refractivity contribution >= 4 is 23.1 Å². The van der Waals surface area contributed by atoms with Crippen molar-refractivity contribution in [2.24, 2.45) is 0 Å². The zero-order valence-electron chi connectivity index (χ0n) is 12.2. The van der Waals surface area contributed by atoms with Gasteiger partial charge in [-0.25, -0.2) is 4.79 Å². The normalized spacial score (nSPS) is 10.1. The van der Waals surface area contributed by atoms with Crippen LogP contribution in [0.3, 0.4) is 0 Å². The number of nitrogens with one attached hydrogen (secondary N) is 2. The van der Waals surface area contributed by atoms with Gasteiger partial charge < -0.3 is 15.5 Å². The van der Waals surface area contributed by atoms with E-state index < -0.39 is 0 Å². The number of anilines is 1. The Bertz CT molecular complexity index is 528. The fraction of sp³-hybridized carbons (Fsp3) is 0.312. The molecule has 0 saturated heterocycles. The minimum Gasteiger partial charge on any atom is -0.373 e. The van der Waals surface area contributed by atoms with Crippen molar-refractivity contribution in [2.45, 2.75) is 6.42 Å². The lowest BCUT2D eigenvalue weighted by Crippen LogP contribution is -2.40. The molecule has 2 amide bonds. The van der Waals surface area contributed by atoms with Gasteiger partial charge in [0.2, 0.25) is 0 Å². The van der Waals surface area contributed by atoms with E-state index in [-0.39, 0.29) is 6.03 Å². The van der Waals surface area contributed by atoms with Crippen molar-refractivity contribution in [1.82, 2.24) is 10.6 Å². The Balaban J connectivity index is 1.58. The van der Waals surface area contributed by atoms with Crippen molar-refractivity contribution in [3.05, 3.63) is 52.7 Å². The van der Waals surface area contributed by atoms with Crippen LogP contribution in [-0.2, 0) is 6.42 Å². The van der Waals surface area contributed by atoms with Gasteiger partial charge in [0.1, 0.15) is 0 Å². The molecule has 0 bridgehead atoms. The van der Waals surface area contributed by atoms with Crippen LogP contribution in [-0.4, -0.2) is 32.7 Å². The van der Waals surface area contributed by atoms with Crippen LogP contribution in [0.25, 0.3) is 0 Å². The standard InChI is InChI=1S/C16H21N3OS/c1-19(14-6-3-2-4-7-14)12-11-18-16(20)17-10-9-15-8-5-13-21-15/h2-8,13H,9-12H2,1H3,(H2,17,18,20). The molecule has 0 saturated carbocycles. The number of carbonyl (C=O) groups is 1. The summed E-state index contributed by atoms with van der Waals surface area (Å²) < 4.78 is 0. The maximum atomic E-state index is 11.7. The molecule has 112 valence electrons. The van der Waals surface area contributed by atoms with E-state index in [1.807, 2.05) is 31.3 Å². The van der Waals surface area contributed by atoms with Crippen molar-refractivity contribution < 1.29 is 4.79 Å². The van der Waals surface area contributed by atoms with Crippen LogP contribution in [0.4, 0.5) is 10.5 Å². The van der Waals surface area contributed by atoms with Gasteiger partial charge in [0.05, 0.1) is 0 Å². The van der Waals surface area contributed by atoms with Crippen molar-refractivity contribution in [1.29, 1.82) is 0 Å². The minimum atomic E-state index is -0.104. The molecular formula is C16H21N3OS. The lowest BCUT2D eigenvalue weighted by Gasteiger charge is -2.19. The molecule has 0 aliphatic carbocycles. The Morgan fingerprint density at radius 2 is 1.86 bits per heavy atom. The van der Waals surface area contributed by atoms with E-state index in [1.54, 1.807) is 11.3 Å². The van der Waals surface area contributed by atoms with Gasteiger partial charge in [-0.2, -0.15) is 0 Å². The number of amides is 2. The molecule has 1 aromatic carbocycles. The molecule has 5 heteroatoms. The molecule has 21 heavy (non-hydrogen) atoms. The van der Waals surface area contributed by atoms with Crippen LogP contribution in [0.5, 0.6) is 0 Å². The Kier molecular flexibility index (Phi) is 6.09. The van der Waals surface area contributed by atoms with Gasteiger partial charge in [-0.3, -0.25) is 0 Å². The van der Waals surface area contributed by atoms with Crippen LogP contribution in [0.2, 0.25) is 0 Å². The molecule has 1 aromatic heterocycles. The Morgan fingerprint density at radius 1 is 1.10 bits per heavy atom. The molecule has 0 aliphatic rings. The molecule has 2 rings (SSSR count). The predicted molar refractivity (Wildman–Crippen MR) is 89.1 cm³/mol. The largest absolute Gasteiger partial charge is 0.373 e. The fourth-order valence-electron chi connectivity index (χ4n) is 1.97. The number of thiophene rings is 1. The van der Waals surface area contributed by atoms with E-state index in [4.69, 9.17) is 0 Å².